The van der Waals surface area contributed by atoms with Crippen molar-refractivity contribution in [1.29, 1.82) is 0 Å². The van der Waals surface area contributed by atoms with Gasteiger partial charge in [-0.1, -0.05) is 11.6 Å². The van der Waals surface area contributed by atoms with E-state index < -0.39 is 0 Å². The number of nitrogens with zero attached hydrogens (tertiary/aromatic N) is 2. The van der Waals surface area contributed by atoms with Crippen molar-refractivity contribution in [2.45, 2.75) is 13.5 Å². The van der Waals surface area contributed by atoms with Gasteiger partial charge in [0.15, 0.2) is 17.8 Å². The van der Waals surface area contributed by atoms with Crippen LogP contribution in [0.4, 0.5) is 0 Å². The minimum atomic E-state index is -0.329. The summed E-state index contributed by atoms with van der Waals surface area (Å²) in [7, 11) is 1.54. The molecule has 0 aliphatic rings. The number of pyridine rings is 1. The van der Waals surface area contributed by atoms with Gasteiger partial charge in [-0.15, -0.1) is 0 Å². The van der Waals surface area contributed by atoms with Crippen molar-refractivity contribution >= 4 is 17.5 Å². The summed E-state index contributed by atoms with van der Waals surface area (Å²) in [6.07, 6.45) is 2.94. The molecule has 0 spiro atoms. The lowest BCUT2D eigenvalue weighted by Gasteiger charge is -2.07. The third-order valence-corrected chi connectivity index (χ3v) is 3.91. The maximum atomic E-state index is 12.5. The van der Waals surface area contributed by atoms with Gasteiger partial charge in [0.05, 0.1) is 12.1 Å². The third kappa shape index (κ3) is 3.80. The second-order valence-electron chi connectivity index (χ2n) is 5.37. The molecule has 7 heteroatoms. The van der Waals surface area contributed by atoms with Crippen molar-refractivity contribution in [3.8, 4) is 17.1 Å². The summed E-state index contributed by atoms with van der Waals surface area (Å²) >= 11 is 6.14. The first kappa shape index (κ1) is 17.0. The molecular formula is C18H16ClN3O3. The SMILES string of the molecule is COc1ccc(-c2ocnc2C(=O)NCc2ccnc(C)c2)cc1Cl. The number of methoxy groups -OCH3 is 1. The van der Waals surface area contributed by atoms with E-state index in [0.29, 0.717) is 28.6 Å². The zero-order chi connectivity index (χ0) is 17.8. The molecule has 6 nitrogen and oxygen atoms in total. The second-order valence-corrected chi connectivity index (χ2v) is 5.77. The van der Waals surface area contributed by atoms with E-state index in [4.69, 9.17) is 20.8 Å². The third-order valence-electron chi connectivity index (χ3n) is 3.61. The smallest absolute Gasteiger partial charge is 0.274 e. The van der Waals surface area contributed by atoms with Gasteiger partial charge < -0.3 is 14.5 Å². The maximum Gasteiger partial charge on any atom is 0.274 e. The number of rotatable bonds is 5. The van der Waals surface area contributed by atoms with Crippen LogP contribution >= 0.6 is 11.6 Å². The van der Waals surface area contributed by atoms with Crippen LogP contribution in [0.25, 0.3) is 11.3 Å². The van der Waals surface area contributed by atoms with Gasteiger partial charge >= 0.3 is 0 Å². The Hall–Kier alpha value is -2.86. The topological polar surface area (TPSA) is 77.2 Å². The summed E-state index contributed by atoms with van der Waals surface area (Å²) in [5.74, 6) is 0.571. The van der Waals surface area contributed by atoms with Crippen LogP contribution in [-0.4, -0.2) is 23.0 Å². The Balaban J connectivity index is 1.79. The highest BCUT2D eigenvalue weighted by Crippen LogP contribution is 2.31. The van der Waals surface area contributed by atoms with E-state index in [-0.39, 0.29) is 11.6 Å². The lowest BCUT2D eigenvalue weighted by Crippen LogP contribution is -2.23. The number of aryl methyl sites for hydroxylation is 1. The Morgan fingerprint density at radius 1 is 1.28 bits per heavy atom. The fourth-order valence-electron chi connectivity index (χ4n) is 2.40. The van der Waals surface area contributed by atoms with Crippen LogP contribution in [0.3, 0.4) is 0 Å². The molecule has 0 unspecified atom stereocenters. The number of amides is 1. The Morgan fingerprint density at radius 3 is 2.84 bits per heavy atom. The molecule has 25 heavy (non-hydrogen) atoms. The molecule has 0 aliphatic heterocycles. The number of nitrogens with one attached hydrogen (secondary N) is 1. The van der Waals surface area contributed by atoms with Crippen LogP contribution in [0.15, 0.2) is 47.3 Å². The zero-order valence-electron chi connectivity index (χ0n) is 13.7. The lowest BCUT2D eigenvalue weighted by molar-refractivity contribution is 0.0946. The molecule has 0 radical (unpaired) electrons. The molecule has 0 fully saturated rings. The quantitative estimate of drug-likeness (QED) is 0.754. The van der Waals surface area contributed by atoms with E-state index in [0.717, 1.165) is 11.3 Å². The van der Waals surface area contributed by atoms with Gasteiger partial charge in [0.25, 0.3) is 5.91 Å². The Labute approximate surface area is 149 Å². The molecule has 1 aromatic carbocycles. The summed E-state index contributed by atoms with van der Waals surface area (Å²) < 4.78 is 10.5. The Bertz CT molecular complexity index is 908. The standard InChI is InChI=1S/C18H16ClN3O3/c1-11-7-12(5-6-20-11)9-21-18(23)16-17(25-10-22-16)13-3-4-15(24-2)14(19)8-13/h3-8,10H,9H2,1-2H3,(H,21,23). The van der Waals surface area contributed by atoms with Crippen LogP contribution in [0.2, 0.25) is 5.02 Å². The fourth-order valence-corrected chi connectivity index (χ4v) is 2.66. The average Bonchev–Trinajstić information content (AvgIpc) is 3.09. The summed E-state index contributed by atoms with van der Waals surface area (Å²) in [4.78, 5) is 20.6. The van der Waals surface area contributed by atoms with Crippen molar-refractivity contribution < 1.29 is 13.9 Å². The molecule has 0 saturated carbocycles. The molecule has 128 valence electrons. The van der Waals surface area contributed by atoms with Gasteiger partial charge in [0, 0.05) is 24.0 Å². The monoisotopic (exact) mass is 357 g/mol. The van der Waals surface area contributed by atoms with Gasteiger partial charge in [-0.3, -0.25) is 9.78 Å². The molecule has 0 atom stereocenters. The van der Waals surface area contributed by atoms with E-state index in [1.165, 1.54) is 13.5 Å². The van der Waals surface area contributed by atoms with Crippen LogP contribution in [0.5, 0.6) is 5.75 Å². The minimum absolute atomic E-state index is 0.201. The molecule has 3 aromatic rings. The number of hydrogen-bond donors (Lipinski definition) is 1. The van der Waals surface area contributed by atoms with E-state index in [9.17, 15) is 4.79 Å². The number of aromatic nitrogens is 2. The predicted molar refractivity (Wildman–Crippen MR) is 93.6 cm³/mol. The number of halogens is 1. The minimum Gasteiger partial charge on any atom is -0.495 e. The maximum absolute atomic E-state index is 12.5. The van der Waals surface area contributed by atoms with Crippen molar-refractivity contribution in [2.75, 3.05) is 7.11 Å². The first-order valence-corrected chi connectivity index (χ1v) is 7.93. The van der Waals surface area contributed by atoms with Crippen molar-refractivity contribution in [2.24, 2.45) is 0 Å². The van der Waals surface area contributed by atoms with Crippen LogP contribution in [0, 0.1) is 6.92 Å². The fraction of sp³-hybridized carbons (Fsp3) is 0.167. The highest BCUT2D eigenvalue weighted by atomic mass is 35.5. The van der Waals surface area contributed by atoms with E-state index in [1.807, 2.05) is 19.1 Å². The molecular weight excluding hydrogens is 342 g/mol. The summed E-state index contributed by atoms with van der Waals surface area (Å²) in [5.41, 5.74) is 2.69. The summed E-state index contributed by atoms with van der Waals surface area (Å²) in [6, 6.07) is 8.90. The molecule has 1 amide bonds. The van der Waals surface area contributed by atoms with Crippen molar-refractivity contribution in [3.05, 3.63) is 64.9 Å². The molecule has 2 aromatic heterocycles. The Morgan fingerprint density at radius 2 is 2.12 bits per heavy atom. The second kappa shape index (κ2) is 7.36. The summed E-state index contributed by atoms with van der Waals surface area (Å²) in [5, 5.41) is 3.25. The molecule has 0 saturated heterocycles. The van der Waals surface area contributed by atoms with Gasteiger partial charge in [0.2, 0.25) is 0 Å². The predicted octanol–water partition coefficient (Wildman–Crippen LogP) is 3.64. The number of hydrogen-bond acceptors (Lipinski definition) is 5. The molecule has 0 aliphatic carbocycles. The van der Waals surface area contributed by atoms with E-state index in [2.05, 4.69) is 15.3 Å². The number of benzene rings is 1. The average molecular weight is 358 g/mol. The highest BCUT2D eigenvalue weighted by molar-refractivity contribution is 6.32. The van der Waals surface area contributed by atoms with Crippen LogP contribution in [0.1, 0.15) is 21.7 Å². The van der Waals surface area contributed by atoms with Crippen LogP contribution in [-0.2, 0) is 6.54 Å². The van der Waals surface area contributed by atoms with Crippen molar-refractivity contribution in [1.82, 2.24) is 15.3 Å². The van der Waals surface area contributed by atoms with Crippen molar-refractivity contribution in [3.63, 3.8) is 0 Å². The normalized spacial score (nSPS) is 10.5. The van der Waals surface area contributed by atoms with Gasteiger partial charge in [0.1, 0.15) is 5.75 Å². The van der Waals surface area contributed by atoms with E-state index in [1.54, 1.807) is 24.4 Å². The number of oxazole rings is 1. The highest BCUT2D eigenvalue weighted by Gasteiger charge is 2.19. The molecule has 3 rings (SSSR count). The summed E-state index contributed by atoms with van der Waals surface area (Å²) in [6.45, 7) is 2.27. The first-order valence-electron chi connectivity index (χ1n) is 7.55. The molecule has 2 heterocycles. The number of carbonyl (C=O) groups excluding carboxylic acids is 1. The van der Waals surface area contributed by atoms with Crippen LogP contribution < -0.4 is 10.1 Å². The van der Waals surface area contributed by atoms with E-state index >= 15 is 0 Å². The van der Waals surface area contributed by atoms with Gasteiger partial charge in [-0.2, -0.15) is 0 Å². The largest absolute Gasteiger partial charge is 0.495 e. The number of ether oxygens (including phenoxy) is 1. The molecule has 0 bridgehead atoms. The Kier molecular flexibility index (Phi) is 5.00. The molecule has 1 N–H and O–H groups in total. The number of carbonyl (C=O) groups is 1. The van der Waals surface area contributed by atoms with Gasteiger partial charge in [-0.25, -0.2) is 4.98 Å². The zero-order valence-corrected chi connectivity index (χ0v) is 14.5. The van der Waals surface area contributed by atoms with Gasteiger partial charge in [-0.05, 0) is 42.8 Å². The first-order chi connectivity index (χ1) is 12.1. The lowest BCUT2D eigenvalue weighted by atomic mass is 10.1.